The van der Waals surface area contributed by atoms with Crippen molar-refractivity contribution in [1.82, 2.24) is 10.6 Å². The molecule has 0 amide bonds. The maximum atomic E-state index is 8.83. The van der Waals surface area contributed by atoms with Gasteiger partial charge in [0.15, 0.2) is 11.9 Å². The van der Waals surface area contributed by atoms with Crippen molar-refractivity contribution in [2.75, 3.05) is 22.9 Å². The molecule has 4 N–H and O–H groups in total. The van der Waals surface area contributed by atoms with Crippen LogP contribution in [-0.2, 0) is 0 Å². The first kappa shape index (κ1) is 26.5. The Balaban J connectivity index is 1.44. The number of rotatable bonds is 7. The van der Waals surface area contributed by atoms with E-state index in [4.69, 9.17) is 10.8 Å². The standard InChI is InChI=1S/C32H36N6/c1-23-5-13-27(14-6-23)37(28-15-7-24(2)8-16-28)31(33)35-21-22-36-32(34)38(29-17-9-25(3)10-18-29)30-19-11-26(4)12-20-30/h5-20H,21-22H2,1-4H3,(H2,33,35)(H2,34,36). The Bertz CT molecular complexity index is 1160. The summed E-state index contributed by atoms with van der Waals surface area (Å²) in [5.74, 6) is 0.555. The van der Waals surface area contributed by atoms with Crippen molar-refractivity contribution in [3.8, 4) is 0 Å². The molecule has 0 aliphatic heterocycles. The second-order valence-corrected chi connectivity index (χ2v) is 9.56. The van der Waals surface area contributed by atoms with Gasteiger partial charge in [-0.3, -0.25) is 20.6 Å². The zero-order valence-corrected chi connectivity index (χ0v) is 22.5. The molecule has 4 aromatic carbocycles. The maximum absolute atomic E-state index is 8.83. The highest BCUT2D eigenvalue weighted by atomic mass is 15.3. The number of hydrogen-bond acceptors (Lipinski definition) is 2. The third-order valence-electron chi connectivity index (χ3n) is 6.33. The summed E-state index contributed by atoms with van der Waals surface area (Å²) < 4.78 is 0. The predicted octanol–water partition coefficient (Wildman–Crippen LogP) is 6.95. The number of aryl methyl sites for hydroxylation is 4. The zero-order chi connectivity index (χ0) is 27.1. The fourth-order valence-corrected chi connectivity index (χ4v) is 4.11. The van der Waals surface area contributed by atoms with Crippen LogP contribution in [0.15, 0.2) is 97.1 Å². The van der Waals surface area contributed by atoms with E-state index in [1.54, 1.807) is 0 Å². The largest absolute Gasteiger partial charge is 0.354 e. The molecule has 6 nitrogen and oxygen atoms in total. The molecule has 0 radical (unpaired) electrons. The fourth-order valence-electron chi connectivity index (χ4n) is 4.11. The second-order valence-electron chi connectivity index (χ2n) is 9.56. The SMILES string of the molecule is Cc1ccc(N(C(=N)NCCNC(=N)N(c2ccc(C)cc2)c2ccc(C)cc2)c2ccc(C)cc2)cc1. The Morgan fingerprint density at radius 1 is 0.447 bits per heavy atom. The fraction of sp³-hybridized carbons (Fsp3) is 0.188. The van der Waals surface area contributed by atoms with Gasteiger partial charge in [0.2, 0.25) is 0 Å². The van der Waals surface area contributed by atoms with Gasteiger partial charge in [0.1, 0.15) is 0 Å². The molecule has 194 valence electrons. The Hall–Kier alpha value is -4.58. The van der Waals surface area contributed by atoms with Crippen molar-refractivity contribution in [2.45, 2.75) is 27.7 Å². The molecule has 0 saturated heterocycles. The van der Waals surface area contributed by atoms with Gasteiger partial charge in [-0.1, -0.05) is 70.8 Å². The van der Waals surface area contributed by atoms with Gasteiger partial charge in [-0.25, -0.2) is 0 Å². The normalized spacial score (nSPS) is 10.5. The Labute approximate surface area is 226 Å². The van der Waals surface area contributed by atoms with E-state index in [0.29, 0.717) is 13.1 Å². The van der Waals surface area contributed by atoms with E-state index in [9.17, 15) is 0 Å². The van der Waals surface area contributed by atoms with E-state index in [0.717, 1.165) is 22.7 Å². The van der Waals surface area contributed by atoms with Crippen LogP contribution in [0.3, 0.4) is 0 Å². The number of benzene rings is 4. The summed E-state index contributed by atoms with van der Waals surface area (Å²) >= 11 is 0. The molecule has 4 aromatic rings. The quantitative estimate of drug-likeness (QED) is 0.125. The minimum Gasteiger partial charge on any atom is -0.354 e. The predicted molar refractivity (Wildman–Crippen MR) is 160 cm³/mol. The first-order chi connectivity index (χ1) is 18.3. The highest BCUT2D eigenvalue weighted by molar-refractivity contribution is 6.02. The van der Waals surface area contributed by atoms with Crippen LogP contribution in [-0.4, -0.2) is 25.0 Å². The summed E-state index contributed by atoms with van der Waals surface area (Å²) in [6.07, 6.45) is 0. The van der Waals surface area contributed by atoms with Crippen LogP contribution in [0.5, 0.6) is 0 Å². The summed E-state index contributed by atoms with van der Waals surface area (Å²) in [4.78, 5) is 3.80. The van der Waals surface area contributed by atoms with Crippen molar-refractivity contribution < 1.29 is 0 Å². The lowest BCUT2D eigenvalue weighted by molar-refractivity contribution is 0.792. The van der Waals surface area contributed by atoms with Gasteiger partial charge in [0.25, 0.3) is 0 Å². The molecule has 0 spiro atoms. The van der Waals surface area contributed by atoms with Gasteiger partial charge >= 0.3 is 0 Å². The van der Waals surface area contributed by atoms with Gasteiger partial charge in [-0.05, 0) is 76.2 Å². The van der Waals surface area contributed by atoms with E-state index >= 15 is 0 Å². The third kappa shape index (κ3) is 6.59. The minimum atomic E-state index is 0.278. The first-order valence-corrected chi connectivity index (χ1v) is 12.8. The molecular formula is C32H36N6. The monoisotopic (exact) mass is 504 g/mol. The van der Waals surface area contributed by atoms with Crippen LogP contribution in [0.4, 0.5) is 22.7 Å². The lowest BCUT2D eigenvalue weighted by Crippen LogP contribution is -2.44. The lowest BCUT2D eigenvalue weighted by atomic mass is 10.1. The van der Waals surface area contributed by atoms with Gasteiger partial charge in [0, 0.05) is 35.8 Å². The highest BCUT2D eigenvalue weighted by Gasteiger charge is 2.17. The number of guanidine groups is 2. The van der Waals surface area contributed by atoms with E-state index in [1.165, 1.54) is 22.3 Å². The number of anilines is 4. The number of hydrogen-bond donors (Lipinski definition) is 4. The molecule has 0 aliphatic rings. The van der Waals surface area contributed by atoms with Crippen molar-refractivity contribution >= 4 is 34.7 Å². The average Bonchev–Trinajstić information content (AvgIpc) is 2.91. The summed E-state index contributed by atoms with van der Waals surface area (Å²) in [5, 5.41) is 24.1. The van der Waals surface area contributed by atoms with E-state index in [1.807, 2.05) is 58.3 Å². The van der Waals surface area contributed by atoms with Crippen LogP contribution < -0.4 is 20.4 Å². The van der Waals surface area contributed by atoms with Gasteiger partial charge < -0.3 is 10.6 Å². The smallest absolute Gasteiger partial charge is 0.200 e. The summed E-state index contributed by atoms with van der Waals surface area (Å²) in [7, 11) is 0. The van der Waals surface area contributed by atoms with Crippen LogP contribution >= 0.6 is 0 Å². The van der Waals surface area contributed by atoms with Crippen molar-refractivity contribution in [2.24, 2.45) is 0 Å². The van der Waals surface area contributed by atoms with Crippen LogP contribution in [0.2, 0.25) is 0 Å². The maximum Gasteiger partial charge on any atom is 0.200 e. The molecule has 0 heterocycles. The molecule has 4 rings (SSSR count). The van der Waals surface area contributed by atoms with E-state index in [-0.39, 0.29) is 11.9 Å². The summed E-state index contributed by atoms with van der Waals surface area (Å²) in [6.45, 7) is 9.18. The van der Waals surface area contributed by atoms with Crippen LogP contribution in [0, 0.1) is 38.5 Å². The number of nitrogens with zero attached hydrogens (tertiary/aromatic N) is 2. The Morgan fingerprint density at radius 2 is 0.658 bits per heavy atom. The molecule has 0 unspecified atom stereocenters. The minimum absolute atomic E-state index is 0.278. The molecule has 38 heavy (non-hydrogen) atoms. The molecule has 0 aliphatic carbocycles. The Kier molecular flexibility index (Phi) is 8.44. The zero-order valence-electron chi connectivity index (χ0n) is 22.5. The molecule has 0 fully saturated rings. The molecule has 0 bridgehead atoms. The van der Waals surface area contributed by atoms with Gasteiger partial charge in [-0.15, -0.1) is 0 Å². The van der Waals surface area contributed by atoms with Crippen LogP contribution in [0.25, 0.3) is 0 Å². The van der Waals surface area contributed by atoms with Crippen molar-refractivity contribution in [1.29, 1.82) is 10.8 Å². The topological polar surface area (TPSA) is 78.2 Å². The number of nitrogens with one attached hydrogen (secondary N) is 4. The third-order valence-corrected chi connectivity index (χ3v) is 6.33. The summed E-state index contributed by atoms with van der Waals surface area (Å²) in [5.41, 5.74) is 8.37. The molecule has 6 heteroatoms. The molecular weight excluding hydrogens is 468 g/mol. The summed E-state index contributed by atoms with van der Waals surface area (Å²) in [6, 6.07) is 32.6. The molecule has 0 atom stereocenters. The van der Waals surface area contributed by atoms with E-state index < -0.39 is 0 Å². The van der Waals surface area contributed by atoms with E-state index in [2.05, 4.69) is 86.9 Å². The van der Waals surface area contributed by atoms with Gasteiger partial charge in [0.05, 0.1) is 0 Å². The van der Waals surface area contributed by atoms with Crippen LogP contribution in [0.1, 0.15) is 22.3 Å². The average molecular weight is 505 g/mol. The van der Waals surface area contributed by atoms with Crippen molar-refractivity contribution in [3.05, 3.63) is 119 Å². The second kappa shape index (κ2) is 12.1. The molecule has 0 saturated carbocycles. The highest BCUT2D eigenvalue weighted by Crippen LogP contribution is 2.27. The molecule has 0 aromatic heterocycles. The van der Waals surface area contributed by atoms with Gasteiger partial charge in [-0.2, -0.15) is 0 Å². The first-order valence-electron chi connectivity index (χ1n) is 12.8. The Morgan fingerprint density at radius 3 is 0.868 bits per heavy atom. The van der Waals surface area contributed by atoms with Crippen molar-refractivity contribution in [3.63, 3.8) is 0 Å². The lowest BCUT2D eigenvalue weighted by Gasteiger charge is -2.28.